The van der Waals surface area contributed by atoms with Crippen LogP contribution in [-0.2, 0) is 91.9 Å². The molecule has 0 bridgehead atoms. The number of hydrogen-bond donors (Lipinski definition) is 8. The molecular weight excluding hydrogens is 1770 g/mol. The summed E-state index contributed by atoms with van der Waals surface area (Å²) >= 11 is 18.4. The van der Waals surface area contributed by atoms with Crippen LogP contribution in [0, 0.1) is 29.0 Å². The second-order valence-corrected chi connectivity index (χ2v) is 37.3. The SMILES string of the molecule is N#COCCCCN=C=O.NCCOCCOCCNS(=O)(=O)c1ccc(O[C@H]2c3cc(Cl)cc(F)c3C[C@@H]2N)cc1.O=C(CCCCCNC(=O)NCCOCCOCCCS(=O)(=O)c1ccc(O[C@H]2c3cc(Cl)cc(F)c3C[C@@H]2N2CC[C@@H](O)C2)cc1)CCCOCCOCCNS(=O)(=O)c1ccc(O[C@H]2c3cc(Cl)cc(F)c3C[C@@H]2N2CC[C@@H](O)C2)cc1. The number of amides is 2. The maximum atomic E-state index is 14.9. The molecule has 0 saturated carbocycles. The Labute approximate surface area is 748 Å². The first-order chi connectivity index (χ1) is 60.7. The molecule has 2 aliphatic heterocycles. The monoisotopic (exact) mass is 1880 g/mol. The van der Waals surface area contributed by atoms with Crippen LogP contribution in [0.2, 0.25) is 15.1 Å². The van der Waals surface area contributed by atoms with Crippen molar-refractivity contribution in [2.45, 2.75) is 153 Å². The lowest BCUT2D eigenvalue weighted by Crippen LogP contribution is -2.39. The van der Waals surface area contributed by atoms with E-state index in [1.165, 1.54) is 72.8 Å². The number of carbonyl (C=O) groups is 2. The van der Waals surface area contributed by atoms with E-state index < -0.39 is 83.9 Å². The number of nitriles is 1. The number of fused-ring (bicyclic) bond motifs is 3. The quantitative estimate of drug-likeness (QED) is 0.00762. The number of urea groups is 1. The van der Waals surface area contributed by atoms with E-state index in [2.05, 4.69) is 39.6 Å². The molecule has 692 valence electrons. The lowest BCUT2D eigenvalue weighted by molar-refractivity contribution is -0.119. The fourth-order valence-corrected chi connectivity index (χ4v) is 18.9. The summed E-state index contributed by atoms with van der Waals surface area (Å²) in [6.45, 7) is 7.95. The molecule has 2 heterocycles. The average Bonchev–Trinajstić information content (AvgIpc) is 1.62. The van der Waals surface area contributed by atoms with Gasteiger partial charge in [0.15, 0.2) is 9.84 Å². The van der Waals surface area contributed by atoms with Crippen LogP contribution in [0.3, 0.4) is 0 Å². The van der Waals surface area contributed by atoms with Crippen molar-refractivity contribution in [3.05, 3.63) is 175 Å². The maximum absolute atomic E-state index is 14.9. The number of aliphatic hydroxyl groups excluding tert-OH is 2. The van der Waals surface area contributed by atoms with Gasteiger partial charge in [-0.1, -0.05) is 41.2 Å². The van der Waals surface area contributed by atoms with Crippen molar-refractivity contribution in [2.24, 2.45) is 16.5 Å². The number of hydrogen-bond acceptors (Lipinski definition) is 27. The summed E-state index contributed by atoms with van der Waals surface area (Å²) in [5, 5.41) is 34.5. The summed E-state index contributed by atoms with van der Waals surface area (Å²) in [5.41, 5.74) is 14.9. The number of nitrogens with one attached hydrogen (secondary N) is 4. The Morgan fingerprint density at radius 2 is 0.921 bits per heavy atom. The van der Waals surface area contributed by atoms with Crippen LogP contribution in [0.1, 0.15) is 122 Å². The zero-order chi connectivity index (χ0) is 90.4. The van der Waals surface area contributed by atoms with Crippen molar-refractivity contribution in [3.8, 4) is 23.5 Å². The number of carbonyl (C=O) groups excluding carboxylic acids is 3. The first kappa shape index (κ1) is 102. The lowest BCUT2D eigenvalue weighted by Gasteiger charge is -2.30. The molecule has 0 unspecified atom stereocenters. The number of aliphatic imine (C=N–C) groups is 1. The highest BCUT2D eigenvalue weighted by molar-refractivity contribution is 7.91. The number of nitrogens with two attached hydrogens (primary N) is 2. The van der Waals surface area contributed by atoms with Crippen LogP contribution in [0.5, 0.6) is 17.2 Å². The standard InChI is InChI=1S/C59H77Cl2F2N5O14S2.C21H27ClFN3O5S.C6H8N2O2/c60-40-32-51-49(53(62)34-40)36-55(67-21-16-43(70)38-67)57(51)81-45-8-12-47(13-9-45)83(73,74)31-5-24-78-28-29-79-25-19-65-59(72)64-18-3-1-2-6-42(69)7-4-23-77-27-30-80-26-20-66-84(75,76)48-14-10-46(11-15-48)82-58-52-33-41(61)35-54(63)50(52)37-56(58)68-22-17-44(71)39-68;22-14-11-18-17(19(23)12-14)13-20(25)21(18)31-15-1-3-16(4-2-15)32(27,28)26-6-8-30-10-9-29-7-5-24;7-5-10-4-2-1-3-8-6-9/h8-15,32-35,43-44,55-58,66,70-71H,1-7,16-31,36-39H2,(H2,64,65,72);1-4,11-12,20-21,26H,5-10,13,24-25H2;1-4H2/t43-,44-,55+,56+,57+,58+;20-,21-;/m10./s1. The van der Waals surface area contributed by atoms with E-state index in [1.54, 1.807) is 48.7 Å². The molecule has 0 radical (unpaired) electrons. The second-order valence-electron chi connectivity index (χ2n) is 30.4. The molecule has 6 aromatic carbocycles. The third-order valence-electron chi connectivity index (χ3n) is 21.2. The predicted octanol–water partition coefficient (Wildman–Crippen LogP) is 9.26. The van der Waals surface area contributed by atoms with E-state index in [1.807, 2.05) is 0 Å². The highest BCUT2D eigenvalue weighted by atomic mass is 35.5. The Bertz CT molecular complexity index is 4690. The average molecular weight is 1880 g/mol. The second kappa shape index (κ2) is 52.8. The van der Waals surface area contributed by atoms with Gasteiger partial charge in [0, 0.05) is 117 Å². The largest absolute Gasteiger partial charge is 0.484 e. The first-order valence-corrected chi connectivity index (χ1v) is 47.7. The number of nitrogens with zero attached hydrogens (tertiary/aromatic N) is 4. The minimum absolute atomic E-state index is 0.0411. The predicted molar refractivity (Wildman–Crippen MR) is 464 cm³/mol. The van der Waals surface area contributed by atoms with Crippen molar-refractivity contribution >= 4 is 82.6 Å². The van der Waals surface area contributed by atoms with Gasteiger partial charge in [0.05, 0.1) is 123 Å². The van der Waals surface area contributed by atoms with E-state index in [0.29, 0.717) is 194 Å². The van der Waals surface area contributed by atoms with Gasteiger partial charge in [0.1, 0.15) is 65.4 Å². The van der Waals surface area contributed by atoms with Crippen LogP contribution < -0.4 is 45.8 Å². The van der Waals surface area contributed by atoms with Crippen LogP contribution >= 0.6 is 34.8 Å². The number of ether oxygens (including phenoxy) is 10. The van der Waals surface area contributed by atoms with Crippen LogP contribution in [0.4, 0.5) is 18.0 Å². The molecule has 3 aliphatic carbocycles. The molecular formula is C86H112Cl3F3N10O21S3. The Morgan fingerprint density at radius 3 is 1.38 bits per heavy atom. The van der Waals surface area contributed by atoms with Crippen LogP contribution in [-0.4, -0.2) is 251 Å². The summed E-state index contributed by atoms with van der Waals surface area (Å²) in [6, 6.07) is 25.8. The van der Waals surface area contributed by atoms with Gasteiger partial charge in [-0.3, -0.25) is 14.6 Å². The lowest BCUT2D eigenvalue weighted by atomic mass is 10.1. The van der Waals surface area contributed by atoms with Gasteiger partial charge in [0.2, 0.25) is 26.1 Å². The number of ketones is 1. The van der Waals surface area contributed by atoms with Gasteiger partial charge in [0.25, 0.3) is 6.26 Å². The summed E-state index contributed by atoms with van der Waals surface area (Å²) < 4.78 is 182. The van der Waals surface area contributed by atoms with Gasteiger partial charge in [-0.25, -0.2) is 62.5 Å². The van der Waals surface area contributed by atoms with Crippen molar-refractivity contribution in [2.75, 3.05) is 157 Å². The molecule has 8 atom stereocenters. The minimum Gasteiger partial charge on any atom is -0.484 e. The molecule has 10 N–H and O–H groups in total. The molecule has 126 heavy (non-hydrogen) atoms. The van der Waals surface area contributed by atoms with E-state index in [4.69, 9.17) is 94.2 Å². The smallest absolute Gasteiger partial charge is 0.314 e. The summed E-state index contributed by atoms with van der Waals surface area (Å²) in [4.78, 5) is 41.8. The van der Waals surface area contributed by atoms with Gasteiger partial charge in [-0.2, -0.15) is 5.26 Å². The van der Waals surface area contributed by atoms with Crippen molar-refractivity contribution in [1.29, 1.82) is 5.26 Å². The number of unbranched alkanes of at least 4 members (excludes halogenated alkanes) is 3. The molecule has 40 heteroatoms. The van der Waals surface area contributed by atoms with E-state index >= 15 is 0 Å². The highest BCUT2D eigenvalue weighted by Gasteiger charge is 2.44. The summed E-state index contributed by atoms with van der Waals surface area (Å²) in [5.74, 6) is 0.0688. The maximum Gasteiger partial charge on any atom is 0.314 e. The number of likely N-dealkylation sites (tertiary alicyclic amines) is 2. The molecule has 6 aromatic rings. The van der Waals surface area contributed by atoms with Gasteiger partial charge in [-0.05, 0) is 197 Å². The van der Waals surface area contributed by atoms with Gasteiger partial charge < -0.3 is 79.7 Å². The number of rotatable bonds is 52. The molecule has 0 spiro atoms. The van der Waals surface area contributed by atoms with Crippen LogP contribution in [0.25, 0.3) is 0 Å². The third-order valence-corrected chi connectivity index (χ3v) is 26.6. The highest BCUT2D eigenvalue weighted by Crippen LogP contribution is 2.45. The van der Waals surface area contributed by atoms with Gasteiger partial charge >= 0.3 is 6.03 Å². The fraction of sp³-hybridized carbons (Fsp3) is 0.535. The topological polar surface area (TPSA) is 429 Å². The van der Waals surface area contributed by atoms with Crippen molar-refractivity contribution in [3.63, 3.8) is 0 Å². The molecule has 31 nitrogen and oxygen atoms in total. The number of halogens is 6. The first-order valence-electron chi connectivity index (χ1n) is 42.0. The Hall–Kier alpha value is -7.72. The zero-order valence-corrected chi connectivity index (χ0v) is 74.7. The molecule has 2 saturated heterocycles. The molecule has 2 fully saturated rings. The normalized spacial score (nSPS) is 19.0. The number of β-amino-alcohol motifs (C(OH)–C–C–N with tert-alkyl or cyclic N) is 2. The minimum atomic E-state index is -3.84. The third kappa shape index (κ3) is 32.7. The molecule has 2 amide bonds. The number of aliphatic hydroxyl groups is 2. The van der Waals surface area contributed by atoms with E-state index in [9.17, 15) is 63.0 Å². The summed E-state index contributed by atoms with van der Waals surface area (Å²) in [7, 11) is -11.1. The Morgan fingerprint density at radius 1 is 0.500 bits per heavy atom. The number of sulfone groups is 1. The number of Topliss-reactive ketones (excluding diaryl/α,β-unsaturated/α-hetero) is 1. The molecule has 5 aliphatic rings. The fourth-order valence-electron chi connectivity index (χ4n) is 14.9. The summed E-state index contributed by atoms with van der Waals surface area (Å²) in [6.07, 6.45) is 8.16. The number of benzene rings is 6. The van der Waals surface area contributed by atoms with Gasteiger partial charge in [-0.15, -0.1) is 0 Å². The van der Waals surface area contributed by atoms with Crippen molar-refractivity contribution < 1.29 is 110 Å². The Balaban J connectivity index is 0.000000349. The number of sulfonamides is 2. The molecule has 0 aromatic heterocycles. The van der Waals surface area contributed by atoms with Crippen LogP contribution in [0.15, 0.2) is 129 Å². The van der Waals surface area contributed by atoms with E-state index in [0.717, 1.165) is 25.7 Å². The number of isocyanates is 1. The molecule has 11 rings (SSSR count). The van der Waals surface area contributed by atoms with E-state index in [-0.39, 0.29) is 132 Å². The Kier molecular flexibility index (Phi) is 42.8. The van der Waals surface area contributed by atoms with Crippen molar-refractivity contribution in [1.82, 2.24) is 29.9 Å². The zero-order valence-electron chi connectivity index (χ0n) is 70.0.